The van der Waals surface area contributed by atoms with Gasteiger partial charge in [0.2, 0.25) is 0 Å². The minimum atomic E-state index is -4.54. The van der Waals surface area contributed by atoms with Crippen molar-refractivity contribution in [1.82, 2.24) is 9.88 Å². The quantitative estimate of drug-likeness (QED) is 0.653. The summed E-state index contributed by atoms with van der Waals surface area (Å²) in [7, 11) is 0. The molecule has 0 spiro atoms. The smallest absolute Gasteiger partial charge is 0.416 e. The monoisotopic (exact) mass is 437 g/mol. The first kappa shape index (κ1) is 21.6. The van der Waals surface area contributed by atoms with Crippen molar-refractivity contribution in [2.45, 2.75) is 32.6 Å². The lowest BCUT2D eigenvalue weighted by atomic mass is 10.1. The Kier molecular flexibility index (Phi) is 6.25. The van der Waals surface area contributed by atoms with Gasteiger partial charge in [-0.3, -0.25) is 9.59 Å². The zero-order valence-electron chi connectivity index (χ0n) is 16.1. The molecule has 0 aliphatic carbocycles. The van der Waals surface area contributed by atoms with E-state index in [0.29, 0.717) is 10.6 Å². The van der Waals surface area contributed by atoms with Crippen LogP contribution in [0.2, 0.25) is 0 Å². The predicted molar refractivity (Wildman–Crippen MR) is 104 cm³/mol. The van der Waals surface area contributed by atoms with E-state index in [1.807, 2.05) is 13.8 Å². The first-order valence-electron chi connectivity index (χ1n) is 8.93. The Morgan fingerprint density at radius 1 is 1.23 bits per heavy atom. The molecule has 1 aromatic carbocycles. The number of amides is 2. The molecule has 0 atom stereocenters. The summed E-state index contributed by atoms with van der Waals surface area (Å²) in [6.07, 6.45) is -2.88. The number of rotatable bonds is 5. The van der Waals surface area contributed by atoms with Crippen LogP contribution in [0.4, 0.5) is 13.2 Å². The third-order valence-electron chi connectivity index (χ3n) is 3.93. The third-order valence-corrected chi connectivity index (χ3v) is 4.72. The fourth-order valence-corrected chi connectivity index (χ4v) is 3.30. The van der Waals surface area contributed by atoms with Gasteiger partial charge in [0.05, 0.1) is 12.1 Å². The fraction of sp³-hybridized carbons (Fsp3) is 0.250. The van der Waals surface area contributed by atoms with Crippen LogP contribution in [0.1, 0.15) is 46.1 Å². The number of alkyl halides is 3. The van der Waals surface area contributed by atoms with Crippen LogP contribution in [0.15, 0.2) is 57.4 Å². The number of carbonyl (C=O) groups excluding carboxylic acids is 2. The normalized spacial score (nSPS) is 12.4. The van der Waals surface area contributed by atoms with Gasteiger partial charge in [-0.15, -0.1) is 11.3 Å². The van der Waals surface area contributed by atoms with Crippen molar-refractivity contribution in [3.05, 3.63) is 75.4 Å². The summed E-state index contributed by atoms with van der Waals surface area (Å²) in [5.74, 6) is -0.492. The van der Waals surface area contributed by atoms with Crippen LogP contribution in [0, 0.1) is 0 Å². The predicted octanol–water partition coefficient (Wildman–Crippen LogP) is 4.09. The Morgan fingerprint density at radius 3 is 2.70 bits per heavy atom. The van der Waals surface area contributed by atoms with Gasteiger partial charge in [0, 0.05) is 23.2 Å². The van der Waals surface area contributed by atoms with Crippen LogP contribution in [0.25, 0.3) is 0 Å². The van der Waals surface area contributed by atoms with Gasteiger partial charge >= 0.3 is 6.18 Å². The number of carbonyl (C=O) groups is 2. The number of hydrogen-bond donors (Lipinski definition) is 1. The van der Waals surface area contributed by atoms with E-state index >= 15 is 0 Å². The van der Waals surface area contributed by atoms with Crippen molar-refractivity contribution in [1.29, 1.82) is 0 Å². The molecule has 0 unspecified atom stereocenters. The van der Waals surface area contributed by atoms with Gasteiger partial charge in [0.25, 0.3) is 11.8 Å². The second kappa shape index (κ2) is 8.70. The minimum absolute atomic E-state index is 0.0374. The van der Waals surface area contributed by atoms with E-state index in [1.54, 1.807) is 28.3 Å². The minimum Gasteiger partial charge on any atom is -0.454 e. The number of hydrogen-bond acceptors (Lipinski definition) is 4. The fourth-order valence-electron chi connectivity index (χ4n) is 2.57. The number of thiazole rings is 1. The van der Waals surface area contributed by atoms with Gasteiger partial charge in [-0.05, 0) is 44.2 Å². The Bertz CT molecular complexity index is 1130. The molecule has 0 aliphatic heterocycles. The molecule has 30 heavy (non-hydrogen) atoms. The van der Waals surface area contributed by atoms with Crippen LogP contribution in [-0.4, -0.2) is 22.4 Å². The Balaban J connectivity index is 1.80. The molecule has 0 radical (unpaired) electrons. The summed E-state index contributed by atoms with van der Waals surface area (Å²) < 4.78 is 45.7. The summed E-state index contributed by atoms with van der Waals surface area (Å²) in [5, 5.41) is 4.41. The second-order valence-corrected chi connectivity index (χ2v) is 7.58. The van der Waals surface area contributed by atoms with Gasteiger partial charge in [0.1, 0.15) is 5.76 Å². The molecular weight excluding hydrogens is 419 g/mol. The standard InChI is InChI=1S/C20H18F3N3O3S/c1-12(2)24-18(28)16-7-6-15(29-16)11-26-8-9-30-19(26)25-17(27)13-4-3-5-14(10-13)20(21,22)23/h3-10,12H,11H2,1-2H3,(H,24,28). The molecule has 0 fully saturated rings. The second-order valence-electron chi connectivity index (χ2n) is 6.70. The van der Waals surface area contributed by atoms with Crippen molar-refractivity contribution in [3.8, 4) is 0 Å². The SMILES string of the molecule is CC(C)NC(=O)c1ccc(Cn2ccsc2=NC(=O)c2cccc(C(F)(F)F)c2)o1. The maximum absolute atomic E-state index is 12.9. The molecule has 10 heteroatoms. The summed E-state index contributed by atoms with van der Waals surface area (Å²) in [5.41, 5.74) is -1.07. The van der Waals surface area contributed by atoms with Gasteiger partial charge in [0.15, 0.2) is 10.6 Å². The largest absolute Gasteiger partial charge is 0.454 e. The van der Waals surface area contributed by atoms with Crippen molar-refractivity contribution in [2.24, 2.45) is 4.99 Å². The number of aromatic nitrogens is 1. The van der Waals surface area contributed by atoms with Crippen LogP contribution in [0.5, 0.6) is 0 Å². The first-order chi connectivity index (χ1) is 14.1. The molecule has 2 aromatic heterocycles. The molecule has 3 aromatic rings. The van der Waals surface area contributed by atoms with E-state index in [2.05, 4.69) is 10.3 Å². The molecule has 0 saturated heterocycles. The van der Waals surface area contributed by atoms with E-state index in [4.69, 9.17) is 4.42 Å². The highest BCUT2D eigenvalue weighted by molar-refractivity contribution is 7.07. The molecule has 6 nitrogen and oxygen atoms in total. The molecule has 158 valence electrons. The number of furan rings is 1. The summed E-state index contributed by atoms with van der Waals surface area (Å²) in [4.78, 5) is 28.6. The van der Waals surface area contributed by atoms with Crippen molar-refractivity contribution in [2.75, 3.05) is 0 Å². The number of benzene rings is 1. The molecule has 1 N–H and O–H groups in total. The number of halogens is 3. The topological polar surface area (TPSA) is 76.6 Å². The highest BCUT2D eigenvalue weighted by Crippen LogP contribution is 2.29. The lowest BCUT2D eigenvalue weighted by Crippen LogP contribution is -2.29. The van der Waals surface area contributed by atoms with Gasteiger partial charge < -0.3 is 14.3 Å². The summed E-state index contributed by atoms with van der Waals surface area (Å²) in [6.45, 7) is 3.86. The highest BCUT2D eigenvalue weighted by atomic mass is 32.1. The third kappa shape index (κ3) is 5.26. The van der Waals surface area contributed by atoms with E-state index < -0.39 is 17.6 Å². The van der Waals surface area contributed by atoms with Crippen molar-refractivity contribution in [3.63, 3.8) is 0 Å². The highest BCUT2D eigenvalue weighted by Gasteiger charge is 2.30. The van der Waals surface area contributed by atoms with Crippen LogP contribution in [-0.2, 0) is 12.7 Å². The van der Waals surface area contributed by atoms with E-state index in [9.17, 15) is 22.8 Å². The average Bonchev–Trinajstić information content (AvgIpc) is 3.31. The van der Waals surface area contributed by atoms with E-state index in [1.165, 1.54) is 12.1 Å². The lowest BCUT2D eigenvalue weighted by molar-refractivity contribution is -0.137. The zero-order valence-corrected chi connectivity index (χ0v) is 16.9. The number of nitrogens with one attached hydrogen (secondary N) is 1. The van der Waals surface area contributed by atoms with Crippen LogP contribution in [0.3, 0.4) is 0 Å². The summed E-state index contributed by atoms with van der Waals surface area (Å²) in [6, 6.07) is 7.26. The van der Waals surface area contributed by atoms with E-state index in [-0.39, 0.29) is 29.8 Å². The van der Waals surface area contributed by atoms with Crippen LogP contribution < -0.4 is 10.1 Å². The molecule has 2 heterocycles. The molecule has 0 bridgehead atoms. The molecular formula is C20H18F3N3O3S. The van der Waals surface area contributed by atoms with Crippen molar-refractivity contribution < 1.29 is 27.2 Å². The van der Waals surface area contributed by atoms with Gasteiger partial charge in [-0.25, -0.2) is 0 Å². The van der Waals surface area contributed by atoms with Gasteiger partial charge in [-0.2, -0.15) is 18.2 Å². The van der Waals surface area contributed by atoms with Gasteiger partial charge in [-0.1, -0.05) is 6.07 Å². The zero-order chi connectivity index (χ0) is 21.9. The Morgan fingerprint density at radius 2 is 2.00 bits per heavy atom. The molecule has 2 amide bonds. The van der Waals surface area contributed by atoms with E-state index in [0.717, 1.165) is 23.5 Å². The Labute approximate surface area is 173 Å². The lowest BCUT2D eigenvalue weighted by Gasteiger charge is -2.07. The van der Waals surface area contributed by atoms with Crippen LogP contribution >= 0.6 is 11.3 Å². The summed E-state index contributed by atoms with van der Waals surface area (Å²) >= 11 is 1.16. The number of nitrogens with zero attached hydrogens (tertiary/aromatic N) is 2. The maximum Gasteiger partial charge on any atom is 0.416 e. The average molecular weight is 437 g/mol. The Hall–Kier alpha value is -3.14. The first-order valence-corrected chi connectivity index (χ1v) is 9.81. The molecule has 0 aliphatic rings. The van der Waals surface area contributed by atoms with Crippen molar-refractivity contribution >= 4 is 23.2 Å². The molecule has 0 saturated carbocycles. The maximum atomic E-state index is 12.9. The molecule has 3 rings (SSSR count).